The normalized spacial score (nSPS) is 16.0. The number of hydrogen-bond donors (Lipinski definition) is 1. The molecule has 2 rings (SSSR count). The van der Waals surface area contributed by atoms with Gasteiger partial charge in [0, 0.05) is 24.4 Å². The number of rotatable bonds is 6. The first-order valence-electron chi connectivity index (χ1n) is 8.54. The van der Waals surface area contributed by atoms with Crippen molar-refractivity contribution >= 4 is 21.9 Å². The molecule has 1 aromatic rings. The van der Waals surface area contributed by atoms with Gasteiger partial charge in [-0.3, -0.25) is 10.1 Å². The van der Waals surface area contributed by atoms with Crippen LogP contribution < -0.4 is 17.3 Å². The van der Waals surface area contributed by atoms with Crippen molar-refractivity contribution in [2.45, 2.75) is 38.0 Å². The number of sulfonamides is 1. The van der Waals surface area contributed by atoms with Crippen LogP contribution in [-0.4, -0.2) is 32.6 Å². The lowest BCUT2D eigenvalue weighted by Gasteiger charge is -2.23. The number of likely N-dealkylation sites (tertiary alicyclic amines) is 1. The molecule has 1 heterocycles. The minimum absolute atomic E-state index is 0. The van der Waals surface area contributed by atoms with Crippen molar-refractivity contribution in [3.63, 3.8) is 0 Å². The Bertz CT molecular complexity index is 836. The first-order valence-corrected chi connectivity index (χ1v) is 9.98. The monoisotopic (exact) mass is 413 g/mol. The molecule has 0 unspecified atom stereocenters. The van der Waals surface area contributed by atoms with Crippen molar-refractivity contribution in [3.05, 3.63) is 57.8 Å². The zero-order valence-corrected chi connectivity index (χ0v) is 17.0. The Labute approximate surface area is 166 Å². The predicted octanol–water partition coefficient (Wildman–Crippen LogP) is -0.723. The Kier molecular flexibility index (Phi) is 8.81. The summed E-state index contributed by atoms with van der Waals surface area (Å²) in [6.07, 6.45) is 8.62. The van der Waals surface area contributed by atoms with Gasteiger partial charge in [0.15, 0.2) is 0 Å². The molecule has 1 fully saturated rings. The number of benzene rings is 1. The Hall–Kier alpha value is -2.03. The molecule has 0 radical (unpaired) electrons. The van der Waals surface area contributed by atoms with Crippen molar-refractivity contribution < 1.29 is 30.6 Å². The van der Waals surface area contributed by atoms with Crippen LogP contribution >= 0.6 is 0 Å². The summed E-state index contributed by atoms with van der Waals surface area (Å²) in [6, 6.07) is 4.71. The molecule has 7 nitrogen and oxygen atoms in total. The van der Waals surface area contributed by atoms with Crippen molar-refractivity contribution in [2.75, 3.05) is 13.1 Å². The molecule has 1 aliphatic rings. The van der Waals surface area contributed by atoms with E-state index in [0.717, 1.165) is 49.3 Å². The summed E-state index contributed by atoms with van der Waals surface area (Å²) < 4.78 is 28.2. The molecule has 1 aliphatic heterocycles. The third-order valence-corrected chi connectivity index (χ3v) is 5.38. The summed E-state index contributed by atoms with van der Waals surface area (Å²) in [6.45, 7) is 6.06. The molecule has 0 spiro atoms. The second kappa shape index (κ2) is 10.3. The fraction of sp³-hybridized carbons (Fsp3) is 0.389. The topological polar surface area (TPSA) is 94.1 Å². The Balaban J connectivity index is 0.00000364. The lowest BCUT2D eigenvalue weighted by molar-refractivity contribution is -0.862. The van der Waals surface area contributed by atoms with Crippen LogP contribution in [0.15, 0.2) is 57.0 Å². The molecular weight excluding hydrogens is 390 g/mol. The average molecular weight is 414 g/mol. The molecule has 1 saturated heterocycles. The fourth-order valence-electron chi connectivity index (χ4n) is 2.84. The molecule has 148 valence electrons. The molecule has 9 heteroatoms. The first kappa shape index (κ1) is 23.0. The van der Waals surface area contributed by atoms with E-state index < -0.39 is 14.9 Å². The highest BCUT2D eigenvalue weighted by molar-refractivity contribution is 7.90. The van der Waals surface area contributed by atoms with Gasteiger partial charge in [0.2, 0.25) is 0 Å². The van der Waals surface area contributed by atoms with Crippen molar-refractivity contribution in [1.29, 1.82) is 0 Å². The average Bonchev–Trinajstić information content (AvgIpc) is 2.61. The summed E-state index contributed by atoms with van der Waals surface area (Å²) >= 11 is 0. The van der Waals surface area contributed by atoms with E-state index in [0.29, 0.717) is 0 Å². The maximum atomic E-state index is 12.3. The maximum Gasteiger partial charge on any atom is 0.282 e. The van der Waals surface area contributed by atoms with E-state index in [1.807, 2.05) is 19.9 Å². The van der Waals surface area contributed by atoms with Gasteiger partial charge in [-0.1, -0.05) is 5.57 Å². The van der Waals surface area contributed by atoms with Crippen LogP contribution in [0.5, 0.6) is 0 Å². The highest BCUT2D eigenvalue weighted by Crippen LogP contribution is 2.17. The van der Waals surface area contributed by atoms with Crippen molar-refractivity contribution in [2.24, 2.45) is 4.40 Å². The Morgan fingerprint density at radius 2 is 1.74 bits per heavy atom. The number of quaternary nitrogens is 1. The number of hydrogen-bond acceptors (Lipinski definition) is 4. The van der Waals surface area contributed by atoms with Gasteiger partial charge in [-0.25, -0.2) is 0 Å². The van der Waals surface area contributed by atoms with Gasteiger partial charge in [0.05, 0.1) is 22.9 Å². The number of nitro groups is 1. The van der Waals surface area contributed by atoms with Crippen LogP contribution in [-0.2, 0) is 10.0 Å². The smallest absolute Gasteiger partial charge is 0.282 e. The molecular formula is C18H24ClN3O4S. The van der Waals surface area contributed by atoms with Crippen LogP contribution in [0.25, 0.3) is 0 Å². The summed E-state index contributed by atoms with van der Waals surface area (Å²) in [4.78, 5) is 11.3. The van der Waals surface area contributed by atoms with Gasteiger partial charge >= 0.3 is 0 Å². The Morgan fingerprint density at radius 3 is 2.26 bits per heavy atom. The van der Waals surface area contributed by atoms with E-state index in [4.69, 9.17) is 0 Å². The lowest BCUT2D eigenvalue weighted by atomic mass is 10.1. The van der Waals surface area contributed by atoms with Gasteiger partial charge < -0.3 is 17.3 Å². The predicted molar refractivity (Wildman–Crippen MR) is 101 cm³/mol. The van der Waals surface area contributed by atoms with Crippen LogP contribution in [0.4, 0.5) is 5.69 Å². The zero-order valence-electron chi connectivity index (χ0n) is 15.4. The zero-order chi connectivity index (χ0) is 19.2. The second-order valence-corrected chi connectivity index (χ2v) is 8.12. The van der Waals surface area contributed by atoms with Crippen LogP contribution in [0.3, 0.4) is 0 Å². The third-order valence-electron chi connectivity index (χ3n) is 4.11. The molecule has 0 saturated carbocycles. The molecule has 0 atom stereocenters. The number of nitrogens with one attached hydrogen (secondary N) is 1. The second-order valence-electron chi connectivity index (χ2n) is 6.49. The number of nitro benzene ring substituents is 1. The quantitative estimate of drug-likeness (QED) is 0.288. The summed E-state index contributed by atoms with van der Waals surface area (Å²) in [5.74, 6) is 0. The summed E-state index contributed by atoms with van der Waals surface area (Å²) in [5.41, 5.74) is 2.00. The molecule has 0 bridgehead atoms. The van der Waals surface area contributed by atoms with E-state index in [1.165, 1.54) is 29.7 Å². The third kappa shape index (κ3) is 6.89. The van der Waals surface area contributed by atoms with Crippen molar-refractivity contribution in [3.8, 4) is 0 Å². The lowest BCUT2D eigenvalue weighted by Crippen LogP contribution is -3.10. The molecule has 0 aromatic heterocycles. The molecule has 27 heavy (non-hydrogen) atoms. The van der Waals surface area contributed by atoms with E-state index in [2.05, 4.69) is 4.40 Å². The first-order chi connectivity index (χ1) is 12.3. The molecule has 0 aliphatic carbocycles. The largest absolute Gasteiger partial charge is 1.00 e. The number of halogens is 1. The standard InChI is InChI=1S/C18H23N3O4S.ClH/c1-15(2)14-17(20-12-4-3-5-13-20)10-11-19-26(24,25)18-8-6-16(7-9-18)21(22)23;/h6-11,14H,3-5,12-13H2,1-2H3;1H/b17-10+,19-11?;. The van der Waals surface area contributed by atoms with E-state index in [9.17, 15) is 18.5 Å². The van der Waals surface area contributed by atoms with Crippen LogP contribution in [0.1, 0.15) is 33.1 Å². The highest BCUT2D eigenvalue weighted by atomic mass is 35.5. The van der Waals surface area contributed by atoms with E-state index >= 15 is 0 Å². The van der Waals surface area contributed by atoms with Gasteiger partial charge in [-0.2, -0.15) is 12.8 Å². The van der Waals surface area contributed by atoms with Crippen LogP contribution in [0, 0.1) is 10.1 Å². The van der Waals surface area contributed by atoms with Gasteiger partial charge in [-0.05, 0) is 51.3 Å². The minimum atomic E-state index is -3.89. The SMILES string of the molecule is CC(C)=C/C(=C\C=NS(=O)(=O)c1ccc([N+](=O)[O-])cc1)[NH+]1CCCCC1.[Cl-]. The minimum Gasteiger partial charge on any atom is -1.00 e. The number of non-ortho nitro benzene ring substituents is 1. The van der Waals surface area contributed by atoms with E-state index in [-0.39, 0.29) is 23.0 Å². The molecule has 0 amide bonds. The summed E-state index contributed by atoms with van der Waals surface area (Å²) in [5, 5.41) is 10.7. The maximum absolute atomic E-state index is 12.3. The summed E-state index contributed by atoms with van der Waals surface area (Å²) in [7, 11) is -3.89. The molecule has 1 aromatic carbocycles. The van der Waals surface area contributed by atoms with Gasteiger partial charge in [0.25, 0.3) is 15.7 Å². The van der Waals surface area contributed by atoms with Crippen molar-refractivity contribution in [1.82, 2.24) is 0 Å². The fourth-order valence-corrected chi connectivity index (χ4v) is 3.66. The van der Waals surface area contributed by atoms with Gasteiger partial charge in [-0.15, -0.1) is 0 Å². The van der Waals surface area contributed by atoms with Gasteiger partial charge in [0.1, 0.15) is 5.70 Å². The highest BCUT2D eigenvalue weighted by Gasteiger charge is 2.17. The van der Waals surface area contributed by atoms with E-state index in [1.54, 1.807) is 6.08 Å². The number of nitrogens with zero attached hydrogens (tertiary/aromatic N) is 2. The van der Waals surface area contributed by atoms with Crippen LogP contribution in [0.2, 0.25) is 0 Å². The number of allylic oxidation sites excluding steroid dienone is 3. The Morgan fingerprint density at radius 1 is 1.15 bits per heavy atom. The molecule has 1 N–H and O–H groups in total. The number of piperidine rings is 1.